The minimum atomic E-state index is -0.322. The normalized spacial score (nSPS) is 20.0. The third-order valence-corrected chi connectivity index (χ3v) is 5.27. The molecular weight excluding hydrogens is 361 g/mol. The molecule has 1 atom stereocenters. The average molecular weight is 385 g/mol. The summed E-state index contributed by atoms with van der Waals surface area (Å²) in [5, 5.41) is 3.00. The molecule has 0 bridgehead atoms. The Balaban J connectivity index is 1.20. The maximum atomic E-state index is 13.4. The van der Waals surface area contributed by atoms with Gasteiger partial charge >= 0.3 is 0 Å². The van der Waals surface area contributed by atoms with Crippen LogP contribution >= 0.6 is 0 Å². The standard InChI is InChI=1S/C21H24FN3O3/c22-17-3-4-19-20(10-17)28-18(14-27-19)13-25-8-5-15(6-9-25)11-24-21(26)16-2-1-7-23-12-16/h1-4,7,10,12,15,18H,5-6,8-9,11,13-14H2,(H,24,26). The number of aromatic nitrogens is 1. The number of piperidine rings is 1. The summed E-state index contributed by atoms with van der Waals surface area (Å²) >= 11 is 0. The van der Waals surface area contributed by atoms with Crippen LogP contribution in [0, 0.1) is 11.7 Å². The van der Waals surface area contributed by atoms with Gasteiger partial charge in [-0.15, -0.1) is 0 Å². The zero-order valence-electron chi connectivity index (χ0n) is 15.6. The number of carbonyl (C=O) groups excluding carboxylic acids is 1. The highest BCUT2D eigenvalue weighted by Crippen LogP contribution is 2.32. The molecule has 7 heteroatoms. The zero-order chi connectivity index (χ0) is 19.3. The molecule has 2 aliphatic heterocycles. The number of hydrogen-bond acceptors (Lipinski definition) is 5. The second-order valence-corrected chi connectivity index (χ2v) is 7.34. The van der Waals surface area contributed by atoms with Gasteiger partial charge in [0, 0.05) is 31.5 Å². The Bertz CT molecular complexity index is 810. The molecule has 2 aromatic rings. The summed E-state index contributed by atoms with van der Waals surface area (Å²) in [4.78, 5) is 18.4. The summed E-state index contributed by atoms with van der Waals surface area (Å²) in [6.07, 6.45) is 5.17. The van der Waals surface area contributed by atoms with Gasteiger partial charge in [0.1, 0.15) is 18.5 Å². The number of likely N-dealkylation sites (tertiary alicyclic amines) is 1. The van der Waals surface area contributed by atoms with Crippen molar-refractivity contribution >= 4 is 5.91 Å². The molecule has 6 nitrogen and oxygen atoms in total. The van der Waals surface area contributed by atoms with Gasteiger partial charge in [0.15, 0.2) is 11.5 Å². The molecule has 1 fully saturated rings. The molecular formula is C21H24FN3O3. The van der Waals surface area contributed by atoms with E-state index < -0.39 is 0 Å². The number of nitrogens with zero attached hydrogens (tertiary/aromatic N) is 2. The largest absolute Gasteiger partial charge is 0.486 e. The number of pyridine rings is 1. The van der Waals surface area contributed by atoms with Gasteiger partial charge in [-0.3, -0.25) is 14.7 Å². The van der Waals surface area contributed by atoms with Crippen molar-refractivity contribution in [2.24, 2.45) is 5.92 Å². The van der Waals surface area contributed by atoms with Gasteiger partial charge in [-0.1, -0.05) is 0 Å². The van der Waals surface area contributed by atoms with Gasteiger partial charge in [-0.2, -0.15) is 0 Å². The van der Waals surface area contributed by atoms with Crippen molar-refractivity contribution in [3.63, 3.8) is 0 Å². The summed E-state index contributed by atoms with van der Waals surface area (Å²) in [7, 11) is 0. The second kappa shape index (κ2) is 8.56. The van der Waals surface area contributed by atoms with E-state index in [1.54, 1.807) is 30.6 Å². The van der Waals surface area contributed by atoms with Crippen molar-refractivity contribution in [3.05, 3.63) is 54.1 Å². The number of halogens is 1. The highest BCUT2D eigenvalue weighted by atomic mass is 19.1. The lowest BCUT2D eigenvalue weighted by Crippen LogP contribution is -2.45. The van der Waals surface area contributed by atoms with Crippen molar-refractivity contribution in [3.8, 4) is 11.5 Å². The van der Waals surface area contributed by atoms with E-state index in [0.29, 0.717) is 36.1 Å². The van der Waals surface area contributed by atoms with Crippen molar-refractivity contribution in [2.75, 3.05) is 32.8 Å². The first-order valence-electron chi connectivity index (χ1n) is 9.67. The first-order valence-corrected chi connectivity index (χ1v) is 9.67. The van der Waals surface area contributed by atoms with Crippen molar-refractivity contribution in [1.82, 2.24) is 15.2 Å². The fourth-order valence-corrected chi connectivity index (χ4v) is 3.68. The lowest BCUT2D eigenvalue weighted by Gasteiger charge is -2.35. The number of fused-ring (bicyclic) bond motifs is 1. The van der Waals surface area contributed by atoms with E-state index in [9.17, 15) is 9.18 Å². The summed E-state index contributed by atoms with van der Waals surface area (Å²) in [5.41, 5.74) is 0.589. The third kappa shape index (κ3) is 4.59. The summed E-state index contributed by atoms with van der Waals surface area (Å²) in [6.45, 7) is 3.80. The molecule has 0 aliphatic carbocycles. The molecule has 148 valence electrons. The molecule has 0 radical (unpaired) electrons. The number of ether oxygens (including phenoxy) is 2. The summed E-state index contributed by atoms with van der Waals surface area (Å²) in [5.74, 6) is 1.14. The van der Waals surface area contributed by atoms with E-state index in [1.165, 1.54) is 12.1 Å². The Morgan fingerprint density at radius 2 is 2.11 bits per heavy atom. The van der Waals surface area contributed by atoms with Gasteiger partial charge in [0.2, 0.25) is 0 Å². The molecule has 3 heterocycles. The Hall–Kier alpha value is -2.67. The van der Waals surface area contributed by atoms with E-state index in [-0.39, 0.29) is 17.8 Å². The van der Waals surface area contributed by atoms with E-state index >= 15 is 0 Å². The van der Waals surface area contributed by atoms with Gasteiger partial charge in [0.25, 0.3) is 5.91 Å². The Morgan fingerprint density at radius 1 is 1.25 bits per heavy atom. The second-order valence-electron chi connectivity index (χ2n) is 7.34. The van der Waals surface area contributed by atoms with Gasteiger partial charge in [-0.25, -0.2) is 4.39 Å². The monoisotopic (exact) mass is 385 g/mol. The average Bonchev–Trinajstić information content (AvgIpc) is 2.73. The number of amides is 1. The van der Waals surface area contributed by atoms with Crippen LogP contribution in [0.5, 0.6) is 11.5 Å². The Kier molecular flexibility index (Phi) is 5.71. The van der Waals surface area contributed by atoms with Crippen LogP contribution in [-0.4, -0.2) is 54.7 Å². The first kappa shape index (κ1) is 18.7. The van der Waals surface area contributed by atoms with Gasteiger partial charge < -0.3 is 14.8 Å². The van der Waals surface area contributed by atoms with E-state index in [1.807, 2.05) is 0 Å². The Morgan fingerprint density at radius 3 is 2.89 bits per heavy atom. The minimum absolute atomic E-state index is 0.0748. The van der Waals surface area contributed by atoms with Crippen LogP contribution in [0.25, 0.3) is 0 Å². The van der Waals surface area contributed by atoms with Crippen LogP contribution in [-0.2, 0) is 0 Å². The van der Waals surface area contributed by atoms with Crippen LogP contribution in [0.1, 0.15) is 23.2 Å². The molecule has 0 saturated carbocycles. The fourth-order valence-electron chi connectivity index (χ4n) is 3.68. The fraction of sp³-hybridized carbons (Fsp3) is 0.429. The van der Waals surface area contributed by atoms with Gasteiger partial charge in [0.05, 0.1) is 5.56 Å². The number of carbonyl (C=O) groups is 1. The maximum absolute atomic E-state index is 13.4. The van der Waals surface area contributed by atoms with Crippen molar-refractivity contribution in [1.29, 1.82) is 0 Å². The van der Waals surface area contributed by atoms with E-state index in [0.717, 1.165) is 32.5 Å². The SMILES string of the molecule is O=C(NCC1CCN(CC2COc3ccc(F)cc3O2)CC1)c1cccnc1. The topological polar surface area (TPSA) is 63.7 Å². The predicted molar refractivity (Wildman–Crippen MR) is 102 cm³/mol. The summed E-state index contributed by atoms with van der Waals surface area (Å²) < 4.78 is 25.0. The van der Waals surface area contributed by atoms with E-state index in [4.69, 9.17) is 9.47 Å². The quantitative estimate of drug-likeness (QED) is 0.857. The number of benzene rings is 1. The zero-order valence-corrected chi connectivity index (χ0v) is 15.6. The molecule has 1 amide bonds. The smallest absolute Gasteiger partial charge is 0.252 e. The molecule has 28 heavy (non-hydrogen) atoms. The van der Waals surface area contributed by atoms with Crippen molar-refractivity contribution in [2.45, 2.75) is 18.9 Å². The molecule has 1 N–H and O–H groups in total. The number of nitrogens with one attached hydrogen (secondary N) is 1. The number of rotatable bonds is 5. The molecule has 0 spiro atoms. The van der Waals surface area contributed by atoms with E-state index in [2.05, 4.69) is 15.2 Å². The maximum Gasteiger partial charge on any atom is 0.252 e. The molecule has 1 aromatic carbocycles. The lowest BCUT2D eigenvalue weighted by atomic mass is 9.96. The van der Waals surface area contributed by atoms with Crippen LogP contribution < -0.4 is 14.8 Å². The first-order chi connectivity index (χ1) is 13.7. The molecule has 4 rings (SSSR count). The van der Waals surface area contributed by atoms with Crippen molar-refractivity contribution < 1.29 is 18.7 Å². The van der Waals surface area contributed by atoms with Crippen LogP contribution in [0.3, 0.4) is 0 Å². The van der Waals surface area contributed by atoms with Crippen LogP contribution in [0.15, 0.2) is 42.7 Å². The third-order valence-electron chi connectivity index (χ3n) is 5.27. The highest BCUT2D eigenvalue weighted by molar-refractivity contribution is 5.93. The Labute approximate surface area is 163 Å². The highest BCUT2D eigenvalue weighted by Gasteiger charge is 2.26. The molecule has 1 aromatic heterocycles. The molecule has 2 aliphatic rings. The molecule has 1 unspecified atom stereocenters. The predicted octanol–water partition coefficient (Wildman–Crippen LogP) is 2.50. The van der Waals surface area contributed by atoms with Crippen LogP contribution in [0.4, 0.5) is 4.39 Å². The van der Waals surface area contributed by atoms with Crippen LogP contribution in [0.2, 0.25) is 0 Å². The number of hydrogen-bond donors (Lipinski definition) is 1. The van der Waals surface area contributed by atoms with Gasteiger partial charge in [-0.05, 0) is 56.1 Å². The summed E-state index contributed by atoms with van der Waals surface area (Å²) in [6, 6.07) is 7.88. The minimum Gasteiger partial charge on any atom is -0.486 e. The molecule has 1 saturated heterocycles. The lowest BCUT2D eigenvalue weighted by molar-refractivity contribution is 0.0473.